The second-order valence-electron chi connectivity index (χ2n) is 5.66. The third-order valence-corrected chi connectivity index (χ3v) is 3.96. The molecule has 0 radical (unpaired) electrons. The van der Waals surface area contributed by atoms with E-state index in [1.54, 1.807) is 18.9 Å². The maximum atomic E-state index is 12.3. The van der Waals surface area contributed by atoms with Crippen molar-refractivity contribution >= 4 is 11.7 Å². The van der Waals surface area contributed by atoms with Crippen LogP contribution in [0.2, 0.25) is 0 Å². The predicted molar refractivity (Wildman–Crippen MR) is 82.3 cm³/mol. The highest BCUT2D eigenvalue weighted by molar-refractivity contribution is 5.89. The summed E-state index contributed by atoms with van der Waals surface area (Å²) in [6.45, 7) is 4.33. The molecule has 1 aliphatic rings. The third-order valence-electron chi connectivity index (χ3n) is 3.96. The van der Waals surface area contributed by atoms with Crippen molar-refractivity contribution in [1.29, 1.82) is 0 Å². The number of carbonyl (C=O) groups excluding carboxylic acids is 1. The summed E-state index contributed by atoms with van der Waals surface area (Å²) in [6, 6.07) is 3.64. The van der Waals surface area contributed by atoms with Crippen molar-refractivity contribution in [3.63, 3.8) is 0 Å². The van der Waals surface area contributed by atoms with E-state index in [-0.39, 0.29) is 6.03 Å². The van der Waals surface area contributed by atoms with Crippen LogP contribution in [0.1, 0.15) is 18.5 Å². The lowest BCUT2D eigenvalue weighted by atomic mass is 9.97. The number of pyridine rings is 1. The fourth-order valence-corrected chi connectivity index (χ4v) is 2.74. The first kappa shape index (κ1) is 14.5. The summed E-state index contributed by atoms with van der Waals surface area (Å²) in [5, 5.41) is 7.07. The van der Waals surface area contributed by atoms with Gasteiger partial charge < -0.3 is 10.2 Å². The number of amides is 2. The minimum absolute atomic E-state index is 0.0372. The monoisotopic (exact) mass is 300 g/mol. The van der Waals surface area contributed by atoms with Crippen molar-refractivity contribution in [3.05, 3.63) is 36.7 Å². The first-order valence-electron chi connectivity index (χ1n) is 7.52. The second kappa shape index (κ2) is 6.55. The topological polar surface area (TPSA) is 75.9 Å². The zero-order chi connectivity index (χ0) is 15.4. The number of aryl methyl sites for hydroxylation is 1. The third kappa shape index (κ3) is 3.60. The first-order chi connectivity index (χ1) is 10.7. The minimum Gasteiger partial charge on any atom is -0.325 e. The molecule has 0 aliphatic carbocycles. The molecule has 2 aromatic rings. The van der Waals surface area contributed by atoms with Gasteiger partial charge in [-0.15, -0.1) is 0 Å². The zero-order valence-electron chi connectivity index (χ0n) is 12.6. The van der Waals surface area contributed by atoms with Gasteiger partial charge in [-0.05, 0) is 37.8 Å². The van der Waals surface area contributed by atoms with Gasteiger partial charge in [0.05, 0.1) is 0 Å². The number of rotatable bonds is 3. The molecule has 3 heterocycles. The molecule has 2 aromatic heterocycles. The average Bonchev–Trinajstić information content (AvgIpc) is 3.01. The molecule has 3 rings (SSSR count). The van der Waals surface area contributed by atoms with E-state index in [1.165, 1.54) is 0 Å². The SMILES string of the molecule is Cc1cc(NC(=O)N2CCC(Cn3cncn3)CC2)ccn1. The molecule has 7 heteroatoms. The van der Waals surface area contributed by atoms with Crippen molar-refractivity contribution < 1.29 is 4.79 Å². The van der Waals surface area contributed by atoms with Crippen molar-refractivity contribution in [1.82, 2.24) is 24.6 Å². The van der Waals surface area contributed by atoms with Crippen LogP contribution in [0.3, 0.4) is 0 Å². The number of carbonyl (C=O) groups is 1. The number of urea groups is 1. The molecule has 116 valence electrons. The van der Waals surface area contributed by atoms with E-state index in [1.807, 2.05) is 28.6 Å². The highest BCUT2D eigenvalue weighted by Gasteiger charge is 2.23. The summed E-state index contributed by atoms with van der Waals surface area (Å²) >= 11 is 0. The van der Waals surface area contributed by atoms with E-state index in [9.17, 15) is 4.79 Å². The molecule has 0 unspecified atom stereocenters. The lowest BCUT2D eigenvalue weighted by Gasteiger charge is -2.31. The van der Waals surface area contributed by atoms with Crippen LogP contribution in [-0.4, -0.2) is 43.8 Å². The average molecular weight is 300 g/mol. The molecule has 2 amide bonds. The standard InChI is InChI=1S/C15H20N6O/c1-12-8-14(2-5-17-12)19-15(22)20-6-3-13(4-7-20)9-21-11-16-10-18-21/h2,5,8,10-11,13H,3-4,6-7,9H2,1H3,(H,17,19,22). The Morgan fingerprint density at radius 3 is 2.91 bits per heavy atom. The first-order valence-corrected chi connectivity index (χ1v) is 7.52. The van der Waals surface area contributed by atoms with Crippen molar-refractivity contribution in [2.24, 2.45) is 5.92 Å². The number of hydrogen-bond acceptors (Lipinski definition) is 4. The maximum absolute atomic E-state index is 12.3. The number of nitrogens with zero attached hydrogens (tertiary/aromatic N) is 5. The van der Waals surface area contributed by atoms with Crippen LogP contribution in [0.4, 0.5) is 10.5 Å². The van der Waals surface area contributed by atoms with Gasteiger partial charge >= 0.3 is 6.03 Å². The van der Waals surface area contributed by atoms with Crippen molar-refractivity contribution in [2.45, 2.75) is 26.3 Å². The molecule has 0 aromatic carbocycles. The summed E-state index contributed by atoms with van der Waals surface area (Å²) in [7, 11) is 0. The van der Waals surface area contributed by atoms with E-state index in [0.717, 1.165) is 43.9 Å². The Labute approximate surface area is 129 Å². The smallest absolute Gasteiger partial charge is 0.321 e. The predicted octanol–water partition coefficient (Wildman–Crippen LogP) is 1.93. The zero-order valence-corrected chi connectivity index (χ0v) is 12.6. The highest BCUT2D eigenvalue weighted by atomic mass is 16.2. The maximum Gasteiger partial charge on any atom is 0.321 e. The highest BCUT2D eigenvalue weighted by Crippen LogP contribution is 2.19. The van der Waals surface area contributed by atoms with Gasteiger partial charge in [0, 0.05) is 37.2 Å². The van der Waals surface area contributed by atoms with Crippen molar-refractivity contribution in [2.75, 3.05) is 18.4 Å². The van der Waals surface area contributed by atoms with E-state index < -0.39 is 0 Å². The van der Waals surface area contributed by atoms with Crippen LogP contribution in [0, 0.1) is 12.8 Å². The summed E-state index contributed by atoms with van der Waals surface area (Å²) in [4.78, 5) is 22.2. The van der Waals surface area contributed by atoms with Crippen LogP contribution in [-0.2, 0) is 6.54 Å². The van der Waals surface area contributed by atoms with E-state index in [2.05, 4.69) is 20.4 Å². The summed E-state index contributed by atoms with van der Waals surface area (Å²) in [5.41, 5.74) is 1.69. The molecule has 0 saturated carbocycles. The minimum atomic E-state index is -0.0372. The number of hydrogen-bond donors (Lipinski definition) is 1. The molecule has 7 nitrogen and oxygen atoms in total. The molecule has 1 N–H and O–H groups in total. The summed E-state index contributed by atoms with van der Waals surface area (Å²) in [5.74, 6) is 0.550. The lowest BCUT2D eigenvalue weighted by Crippen LogP contribution is -2.41. The van der Waals surface area contributed by atoms with Gasteiger partial charge in [-0.3, -0.25) is 9.67 Å². The Hall–Kier alpha value is -2.44. The van der Waals surface area contributed by atoms with Gasteiger partial charge in [0.1, 0.15) is 12.7 Å². The number of aromatic nitrogens is 4. The van der Waals surface area contributed by atoms with E-state index in [4.69, 9.17) is 0 Å². The molecule has 1 aliphatic heterocycles. The Bertz CT molecular complexity index is 619. The molecule has 1 saturated heterocycles. The van der Waals surface area contributed by atoms with Gasteiger partial charge in [-0.1, -0.05) is 0 Å². The Kier molecular flexibility index (Phi) is 4.32. The second-order valence-corrected chi connectivity index (χ2v) is 5.66. The van der Waals surface area contributed by atoms with Gasteiger partial charge in [-0.25, -0.2) is 9.78 Å². The van der Waals surface area contributed by atoms with Gasteiger partial charge in [0.25, 0.3) is 0 Å². The van der Waals surface area contributed by atoms with Crippen molar-refractivity contribution in [3.8, 4) is 0 Å². The Morgan fingerprint density at radius 2 is 2.23 bits per heavy atom. The largest absolute Gasteiger partial charge is 0.325 e. The van der Waals surface area contributed by atoms with Crippen LogP contribution in [0.15, 0.2) is 31.0 Å². The molecular formula is C15H20N6O. The molecule has 0 bridgehead atoms. The number of piperidine rings is 1. The van der Waals surface area contributed by atoms with E-state index >= 15 is 0 Å². The summed E-state index contributed by atoms with van der Waals surface area (Å²) < 4.78 is 1.86. The Balaban J connectivity index is 1.49. The van der Waals surface area contributed by atoms with Crippen LogP contribution in [0.25, 0.3) is 0 Å². The molecule has 0 spiro atoms. The van der Waals surface area contributed by atoms with Crippen LogP contribution < -0.4 is 5.32 Å². The number of anilines is 1. The fraction of sp³-hybridized carbons (Fsp3) is 0.467. The van der Waals surface area contributed by atoms with Gasteiger partial charge in [-0.2, -0.15) is 5.10 Å². The quantitative estimate of drug-likeness (QED) is 0.939. The number of nitrogens with one attached hydrogen (secondary N) is 1. The van der Waals surface area contributed by atoms with Crippen LogP contribution in [0.5, 0.6) is 0 Å². The molecule has 1 fully saturated rings. The lowest BCUT2D eigenvalue weighted by molar-refractivity contribution is 0.175. The normalized spacial score (nSPS) is 15.8. The fourth-order valence-electron chi connectivity index (χ4n) is 2.74. The Morgan fingerprint density at radius 1 is 1.41 bits per heavy atom. The van der Waals surface area contributed by atoms with E-state index in [0.29, 0.717) is 5.92 Å². The molecule has 22 heavy (non-hydrogen) atoms. The number of likely N-dealkylation sites (tertiary alicyclic amines) is 1. The van der Waals surface area contributed by atoms with Gasteiger partial charge in [0.2, 0.25) is 0 Å². The van der Waals surface area contributed by atoms with Crippen LogP contribution >= 0.6 is 0 Å². The molecule has 0 atom stereocenters. The van der Waals surface area contributed by atoms with Gasteiger partial charge in [0.15, 0.2) is 0 Å². The summed E-state index contributed by atoms with van der Waals surface area (Å²) in [6.07, 6.45) is 6.98. The molecular weight excluding hydrogens is 280 g/mol.